The number of sulfonamides is 1. The maximum Gasteiger partial charge on any atom is 0.308 e. The van der Waals surface area contributed by atoms with Crippen molar-refractivity contribution in [3.63, 3.8) is 0 Å². The molecule has 3 atom stereocenters. The molecule has 2 fully saturated rings. The van der Waals surface area contributed by atoms with E-state index in [9.17, 15) is 22.7 Å². The lowest BCUT2D eigenvalue weighted by Gasteiger charge is -2.22. The van der Waals surface area contributed by atoms with Gasteiger partial charge in [-0.15, -0.1) is 0 Å². The minimum atomic E-state index is -3.64. The molecule has 0 radical (unpaired) electrons. The molecular formula is C15H18FNO4S. The highest BCUT2D eigenvalue weighted by Gasteiger charge is 2.53. The highest BCUT2D eigenvalue weighted by Crippen LogP contribution is 2.44. The Kier molecular flexibility index (Phi) is 3.72. The maximum absolute atomic E-state index is 13.6. The van der Waals surface area contributed by atoms with Gasteiger partial charge in [-0.25, -0.2) is 12.8 Å². The van der Waals surface area contributed by atoms with Crippen LogP contribution in [0.15, 0.2) is 18.2 Å². The summed E-state index contributed by atoms with van der Waals surface area (Å²) in [5.41, 5.74) is 0.856. The van der Waals surface area contributed by atoms with Crippen LogP contribution in [0.5, 0.6) is 0 Å². The van der Waals surface area contributed by atoms with E-state index < -0.39 is 33.8 Å². The van der Waals surface area contributed by atoms with Gasteiger partial charge in [-0.2, -0.15) is 4.31 Å². The Bertz CT molecular complexity index is 718. The average molecular weight is 327 g/mol. The summed E-state index contributed by atoms with van der Waals surface area (Å²) < 4.78 is 40.2. The van der Waals surface area contributed by atoms with Crippen molar-refractivity contribution in [2.24, 2.45) is 5.92 Å². The Hall–Kier alpha value is -1.47. The number of nitrogens with zero attached hydrogens (tertiary/aromatic N) is 1. The van der Waals surface area contributed by atoms with E-state index in [4.69, 9.17) is 0 Å². The third-order valence-electron chi connectivity index (χ3n) is 4.70. The molecule has 2 saturated heterocycles. The van der Waals surface area contributed by atoms with Gasteiger partial charge >= 0.3 is 5.97 Å². The molecule has 2 heterocycles. The van der Waals surface area contributed by atoms with Crippen LogP contribution in [0.1, 0.15) is 30.4 Å². The third kappa shape index (κ3) is 2.52. The number of carboxylic acid groups (broad SMARTS) is 1. The smallest absolute Gasteiger partial charge is 0.308 e. The second-order valence-electron chi connectivity index (χ2n) is 6.15. The summed E-state index contributed by atoms with van der Waals surface area (Å²) in [5, 5.41) is 9.20. The maximum atomic E-state index is 13.6. The van der Waals surface area contributed by atoms with Gasteiger partial charge in [0.2, 0.25) is 10.0 Å². The zero-order chi connectivity index (χ0) is 16.1. The summed E-state index contributed by atoms with van der Waals surface area (Å²) in [6, 6.07) is 3.70. The molecule has 2 bridgehead atoms. The van der Waals surface area contributed by atoms with E-state index >= 15 is 0 Å². The van der Waals surface area contributed by atoms with Gasteiger partial charge in [-0.3, -0.25) is 4.79 Å². The summed E-state index contributed by atoms with van der Waals surface area (Å²) in [6.07, 6.45) is 1.67. The fourth-order valence-electron chi connectivity index (χ4n) is 3.65. The minimum absolute atomic E-state index is 0.230. The van der Waals surface area contributed by atoms with Crippen LogP contribution >= 0.6 is 0 Å². The van der Waals surface area contributed by atoms with Crippen LogP contribution in [0.3, 0.4) is 0 Å². The van der Waals surface area contributed by atoms with Crippen molar-refractivity contribution in [2.75, 3.05) is 0 Å². The predicted octanol–water partition coefficient (Wildman–Crippen LogP) is 1.90. The second-order valence-corrected chi connectivity index (χ2v) is 8.02. The first-order valence-electron chi connectivity index (χ1n) is 7.28. The van der Waals surface area contributed by atoms with Gasteiger partial charge in [0.25, 0.3) is 0 Å². The standard InChI is InChI=1S/C15H18FNO4S/c1-9-2-3-10(6-13(9)16)8-22(20,21)17-11-4-5-14(17)12(7-11)15(18)19/h2-3,6,11-12,14H,4-5,7-8H2,1H3,(H,18,19). The van der Waals surface area contributed by atoms with Gasteiger partial charge in [0.05, 0.1) is 11.7 Å². The molecule has 0 aliphatic carbocycles. The lowest BCUT2D eigenvalue weighted by Crippen LogP contribution is -2.38. The highest BCUT2D eigenvalue weighted by atomic mass is 32.2. The van der Waals surface area contributed by atoms with Gasteiger partial charge in [0, 0.05) is 12.1 Å². The summed E-state index contributed by atoms with van der Waals surface area (Å²) in [7, 11) is -3.64. The lowest BCUT2D eigenvalue weighted by atomic mass is 9.89. The Balaban J connectivity index is 1.84. The quantitative estimate of drug-likeness (QED) is 0.916. The first-order valence-corrected chi connectivity index (χ1v) is 8.89. The molecular weight excluding hydrogens is 309 g/mol. The lowest BCUT2D eigenvalue weighted by molar-refractivity contribution is -0.142. The van der Waals surface area contributed by atoms with E-state index in [2.05, 4.69) is 0 Å². The number of carbonyl (C=O) groups is 1. The molecule has 0 aromatic heterocycles. The van der Waals surface area contributed by atoms with E-state index in [0.717, 1.165) is 0 Å². The minimum Gasteiger partial charge on any atom is -0.481 e. The zero-order valence-electron chi connectivity index (χ0n) is 12.2. The normalized spacial score (nSPS) is 28.2. The largest absolute Gasteiger partial charge is 0.481 e. The van der Waals surface area contributed by atoms with Gasteiger partial charge in [-0.1, -0.05) is 12.1 Å². The third-order valence-corrected chi connectivity index (χ3v) is 6.61. The van der Waals surface area contributed by atoms with Crippen molar-refractivity contribution in [1.82, 2.24) is 4.31 Å². The van der Waals surface area contributed by atoms with Crippen LogP contribution in [-0.4, -0.2) is 35.9 Å². The number of hydrogen-bond acceptors (Lipinski definition) is 3. The van der Waals surface area contributed by atoms with Crippen LogP contribution in [0.25, 0.3) is 0 Å². The van der Waals surface area contributed by atoms with Crippen molar-refractivity contribution in [3.8, 4) is 0 Å². The molecule has 2 aliphatic heterocycles. The molecule has 22 heavy (non-hydrogen) atoms. The summed E-state index contributed by atoms with van der Waals surface area (Å²) in [5.74, 6) is -2.28. The van der Waals surface area contributed by atoms with Gasteiger partial charge in [0.1, 0.15) is 5.82 Å². The first kappa shape index (κ1) is 15.4. The summed E-state index contributed by atoms with van der Waals surface area (Å²) in [4.78, 5) is 11.2. The molecule has 1 aromatic carbocycles. The molecule has 0 saturated carbocycles. The second kappa shape index (κ2) is 5.31. The Morgan fingerprint density at radius 3 is 2.73 bits per heavy atom. The molecule has 0 spiro atoms. The SMILES string of the molecule is Cc1ccc(CS(=O)(=O)N2C3CCC2C(C(=O)O)C3)cc1F. The van der Waals surface area contributed by atoms with E-state index in [0.29, 0.717) is 30.4 Å². The van der Waals surface area contributed by atoms with Crippen molar-refractivity contribution in [2.45, 2.75) is 44.0 Å². The number of halogens is 1. The molecule has 3 unspecified atom stereocenters. The molecule has 1 aromatic rings. The number of rotatable bonds is 4. The number of carboxylic acids is 1. The number of aryl methyl sites for hydroxylation is 1. The number of aliphatic carboxylic acids is 1. The van der Waals surface area contributed by atoms with Crippen molar-refractivity contribution >= 4 is 16.0 Å². The van der Waals surface area contributed by atoms with Gasteiger partial charge < -0.3 is 5.11 Å². The number of hydrogen-bond donors (Lipinski definition) is 1. The summed E-state index contributed by atoms with van der Waals surface area (Å²) >= 11 is 0. The van der Waals surface area contributed by atoms with E-state index in [1.54, 1.807) is 19.1 Å². The Morgan fingerprint density at radius 1 is 1.41 bits per heavy atom. The first-order chi connectivity index (χ1) is 10.3. The Labute approximate surface area is 128 Å². The molecule has 2 aliphatic rings. The average Bonchev–Trinajstić information content (AvgIpc) is 3.01. The van der Waals surface area contributed by atoms with E-state index in [1.165, 1.54) is 10.4 Å². The fourth-order valence-corrected chi connectivity index (χ4v) is 5.71. The fraction of sp³-hybridized carbons (Fsp3) is 0.533. The monoisotopic (exact) mass is 327 g/mol. The molecule has 120 valence electrons. The summed E-state index contributed by atoms with van der Waals surface area (Å²) in [6.45, 7) is 1.62. The number of fused-ring (bicyclic) bond motifs is 2. The van der Waals surface area contributed by atoms with Crippen molar-refractivity contribution < 1.29 is 22.7 Å². The van der Waals surface area contributed by atoms with Gasteiger partial charge in [-0.05, 0) is 43.4 Å². The van der Waals surface area contributed by atoms with Crippen molar-refractivity contribution in [1.29, 1.82) is 0 Å². The molecule has 7 heteroatoms. The van der Waals surface area contributed by atoms with Crippen LogP contribution in [0, 0.1) is 18.7 Å². The van der Waals surface area contributed by atoms with Crippen LogP contribution in [0.4, 0.5) is 4.39 Å². The Morgan fingerprint density at radius 2 is 2.14 bits per heavy atom. The van der Waals surface area contributed by atoms with E-state index in [1.807, 2.05) is 0 Å². The van der Waals surface area contributed by atoms with Gasteiger partial charge in [0.15, 0.2) is 0 Å². The zero-order valence-corrected chi connectivity index (χ0v) is 13.0. The topological polar surface area (TPSA) is 74.7 Å². The van der Waals surface area contributed by atoms with Crippen molar-refractivity contribution in [3.05, 3.63) is 35.1 Å². The van der Waals surface area contributed by atoms with Crippen LogP contribution < -0.4 is 0 Å². The van der Waals surface area contributed by atoms with Crippen LogP contribution in [-0.2, 0) is 20.6 Å². The predicted molar refractivity (Wildman–Crippen MR) is 78.2 cm³/mol. The van der Waals surface area contributed by atoms with E-state index in [-0.39, 0.29) is 11.8 Å². The number of benzene rings is 1. The molecule has 5 nitrogen and oxygen atoms in total. The molecule has 1 N–H and O–H groups in total. The molecule has 0 amide bonds. The van der Waals surface area contributed by atoms with Crippen LogP contribution in [0.2, 0.25) is 0 Å². The molecule has 3 rings (SSSR count). The highest BCUT2D eigenvalue weighted by molar-refractivity contribution is 7.88.